The zero-order valence-corrected chi connectivity index (χ0v) is 16.0. The number of carbonyl (C=O) groups is 2. The van der Waals surface area contributed by atoms with E-state index in [1.165, 1.54) is 10.9 Å². The highest BCUT2D eigenvalue weighted by Crippen LogP contribution is 2.17. The SMILES string of the molecule is CCOC(=O)N1CCN(C(C)C(=O)NCCc2c[nH]c3ccccc23)CC1. The lowest BCUT2D eigenvalue weighted by Gasteiger charge is -2.36. The molecule has 1 aromatic carbocycles. The second kappa shape index (κ2) is 8.90. The van der Waals surface area contributed by atoms with Crippen molar-refractivity contribution in [2.75, 3.05) is 39.3 Å². The fourth-order valence-electron chi connectivity index (χ4n) is 3.48. The third-order valence-corrected chi connectivity index (χ3v) is 5.14. The average molecular weight is 372 g/mol. The van der Waals surface area contributed by atoms with E-state index >= 15 is 0 Å². The molecular formula is C20H28N4O3. The normalized spacial score (nSPS) is 16.3. The highest BCUT2D eigenvalue weighted by Gasteiger charge is 2.27. The maximum Gasteiger partial charge on any atom is 0.409 e. The fourth-order valence-corrected chi connectivity index (χ4v) is 3.48. The van der Waals surface area contributed by atoms with Crippen molar-refractivity contribution in [2.24, 2.45) is 0 Å². The minimum absolute atomic E-state index is 0.0272. The van der Waals surface area contributed by atoms with Crippen molar-refractivity contribution in [3.8, 4) is 0 Å². The first-order valence-corrected chi connectivity index (χ1v) is 9.58. The summed E-state index contributed by atoms with van der Waals surface area (Å²) < 4.78 is 5.03. The van der Waals surface area contributed by atoms with Crippen LogP contribution in [0, 0.1) is 0 Å². The number of para-hydroxylation sites is 1. The van der Waals surface area contributed by atoms with Gasteiger partial charge in [-0.2, -0.15) is 0 Å². The molecule has 1 fully saturated rings. The maximum absolute atomic E-state index is 12.5. The number of nitrogens with one attached hydrogen (secondary N) is 2. The summed E-state index contributed by atoms with van der Waals surface area (Å²) in [4.78, 5) is 31.3. The van der Waals surface area contributed by atoms with Gasteiger partial charge >= 0.3 is 6.09 Å². The van der Waals surface area contributed by atoms with Gasteiger partial charge in [0.1, 0.15) is 0 Å². The van der Waals surface area contributed by atoms with Crippen LogP contribution < -0.4 is 5.32 Å². The number of hydrogen-bond donors (Lipinski definition) is 2. The molecule has 0 bridgehead atoms. The Hall–Kier alpha value is -2.54. The Kier molecular flexibility index (Phi) is 6.34. The summed E-state index contributed by atoms with van der Waals surface area (Å²) in [5, 5.41) is 4.24. The number of amides is 2. The lowest BCUT2D eigenvalue weighted by Crippen LogP contribution is -2.55. The van der Waals surface area contributed by atoms with Crippen LogP contribution in [0.5, 0.6) is 0 Å². The van der Waals surface area contributed by atoms with Crippen LogP contribution in [-0.4, -0.2) is 72.2 Å². The molecule has 0 spiro atoms. The first-order chi connectivity index (χ1) is 13.1. The standard InChI is InChI=1S/C20H28N4O3/c1-3-27-20(26)24-12-10-23(11-13-24)15(2)19(25)21-9-8-16-14-22-18-7-5-4-6-17(16)18/h4-7,14-15,22H,3,8-13H2,1-2H3,(H,21,25). The van der Waals surface area contributed by atoms with E-state index in [9.17, 15) is 9.59 Å². The molecule has 1 aliphatic rings. The number of hydrogen-bond acceptors (Lipinski definition) is 4. The number of aromatic amines is 1. The van der Waals surface area contributed by atoms with Crippen LogP contribution in [-0.2, 0) is 16.0 Å². The maximum atomic E-state index is 12.5. The van der Waals surface area contributed by atoms with Crippen molar-refractivity contribution in [2.45, 2.75) is 26.3 Å². The van der Waals surface area contributed by atoms with Crippen LogP contribution in [0.4, 0.5) is 4.79 Å². The highest BCUT2D eigenvalue weighted by molar-refractivity contribution is 5.83. The van der Waals surface area contributed by atoms with Gasteiger partial charge in [0.2, 0.25) is 5.91 Å². The van der Waals surface area contributed by atoms with Gasteiger partial charge in [0, 0.05) is 49.8 Å². The van der Waals surface area contributed by atoms with Gasteiger partial charge in [-0.15, -0.1) is 0 Å². The number of benzene rings is 1. The lowest BCUT2D eigenvalue weighted by molar-refractivity contribution is -0.126. The Labute approximate surface area is 159 Å². The Bertz CT molecular complexity index is 780. The lowest BCUT2D eigenvalue weighted by atomic mass is 10.1. The minimum atomic E-state index is -0.270. The number of rotatable bonds is 6. The van der Waals surface area contributed by atoms with Crippen molar-refractivity contribution in [1.82, 2.24) is 20.1 Å². The number of aromatic nitrogens is 1. The van der Waals surface area contributed by atoms with Gasteiger partial charge in [-0.05, 0) is 31.9 Å². The summed E-state index contributed by atoms with van der Waals surface area (Å²) in [6.45, 7) is 7.24. The van der Waals surface area contributed by atoms with Gasteiger partial charge in [0.05, 0.1) is 12.6 Å². The van der Waals surface area contributed by atoms with Gasteiger partial charge in [-0.3, -0.25) is 9.69 Å². The molecule has 0 radical (unpaired) electrons. The predicted octanol–water partition coefficient (Wildman–Crippen LogP) is 1.99. The average Bonchev–Trinajstić information content (AvgIpc) is 3.11. The minimum Gasteiger partial charge on any atom is -0.450 e. The smallest absolute Gasteiger partial charge is 0.409 e. The van der Waals surface area contributed by atoms with E-state index in [2.05, 4.69) is 27.3 Å². The Morgan fingerprint density at radius 2 is 1.96 bits per heavy atom. The van der Waals surface area contributed by atoms with E-state index in [1.807, 2.05) is 25.3 Å². The van der Waals surface area contributed by atoms with E-state index in [1.54, 1.807) is 11.8 Å². The Morgan fingerprint density at radius 1 is 1.22 bits per heavy atom. The molecule has 0 saturated carbocycles. The van der Waals surface area contributed by atoms with E-state index in [4.69, 9.17) is 4.74 Å². The van der Waals surface area contributed by atoms with E-state index in [0.29, 0.717) is 39.3 Å². The molecule has 3 rings (SSSR count). The van der Waals surface area contributed by atoms with E-state index in [0.717, 1.165) is 11.9 Å². The monoisotopic (exact) mass is 372 g/mol. The van der Waals surface area contributed by atoms with Crippen LogP contribution in [0.1, 0.15) is 19.4 Å². The molecule has 7 nitrogen and oxygen atoms in total. The van der Waals surface area contributed by atoms with Gasteiger partial charge in [0.15, 0.2) is 0 Å². The molecular weight excluding hydrogens is 344 g/mol. The molecule has 1 aliphatic heterocycles. The molecule has 2 amide bonds. The number of nitrogens with zero attached hydrogens (tertiary/aromatic N) is 2. The number of piperazine rings is 1. The molecule has 1 unspecified atom stereocenters. The van der Waals surface area contributed by atoms with Crippen LogP contribution in [0.25, 0.3) is 10.9 Å². The second-order valence-corrected chi connectivity index (χ2v) is 6.80. The molecule has 146 valence electrons. The second-order valence-electron chi connectivity index (χ2n) is 6.80. The predicted molar refractivity (Wildman–Crippen MR) is 105 cm³/mol. The van der Waals surface area contributed by atoms with Crippen molar-refractivity contribution >= 4 is 22.9 Å². The Morgan fingerprint density at radius 3 is 2.70 bits per heavy atom. The quantitative estimate of drug-likeness (QED) is 0.813. The molecule has 27 heavy (non-hydrogen) atoms. The first-order valence-electron chi connectivity index (χ1n) is 9.58. The van der Waals surface area contributed by atoms with Gasteiger partial charge in [-0.1, -0.05) is 18.2 Å². The summed E-state index contributed by atoms with van der Waals surface area (Å²) in [6, 6.07) is 7.96. The summed E-state index contributed by atoms with van der Waals surface area (Å²) in [7, 11) is 0. The summed E-state index contributed by atoms with van der Waals surface area (Å²) in [5.41, 5.74) is 2.33. The third-order valence-electron chi connectivity index (χ3n) is 5.14. The largest absolute Gasteiger partial charge is 0.450 e. The summed E-state index contributed by atoms with van der Waals surface area (Å²) in [5.74, 6) is 0.0272. The zero-order valence-electron chi connectivity index (χ0n) is 16.0. The zero-order chi connectivity index (χ0) is 19.2. The van der Waals surface area contributed by atoms with Gasteiger partial charge in [0.25, 0.3) is 0 Å². The van der Waals surface area contributed by atoms with Crippen molar-refractivity contribution < 1.29 is 14.3 Å². The number of H-pyrrole nitrogens is 1. The van der Waals surface area contributed by atoms with Crippen molar-refractivity contribution in [3.05, 3.63) is 36.0 Å². The van der Waals surface area contributed by atoms with Gasteiger partial charge in [-0.25, -0.2) is 4.79 Å². The molecule has 2 heterocycles. The van der Waals surface area contributed by atoms with Crippen molar-refractivity contribution in [1.29, 1.82) is 0 Å². The molecule has 2 aromatic rings. The van der Waals surface area contributed by atoms with Crippen LogP contribution in [0.2, 0.25) is 0 Å². The number of fused-ring (bicyclic) bond motifs is 1. The molecule has 1 atom stereocenters. The number of ether oxygens (including phenoxy) is 1. The first kappa shape index (κ1) is 19.2. The van der Waals surface area contributed by atoms with E-state index in [-0.39, 0.29) is 18.0 Å². The topological polar surface area (TPSA) is 77.7 Å². The summed E-state index contributed by atoms with van der Waals surface area (Å²) in [6.07, 6.45) is 2.53. The number of carbonyl (C=O) groups excluding carboxylic acids is 2. The highest BCUT2D eigenvalue weighted by atomic mass is 16.6. The molecule has 2 N–H and O–H groups in total. The van der Waals surface area contributed by atoms with Crippen LogP contribution in [0.15, 0.2) is 30.5 Å². The Balaban J connectivity index is 1.44. The van der Waals surface area contributed by atoms with Crippen molar-refractivity contribution in [3.63, 3.8) is 0 Å². The van der Waals surface area contributed by atoms with E-state index < -0.39 is 0 Å². The third kappa shape index (κ3) is 4.60. The molecule has 1 aromatic heterocycles. The van der Waals surface area contributed by atoms with Crippen LogP contribution >= 0.6 is 0 Å². The van der Waals surface area contributed by atoms with Gasteiger partial charge < -0.3 is 19.9 Å². The molecule has 1 saturated heterocycles. The molecule has 0 aliphatic carbocycles. The summed E-state index contributed by atoms with van der Waals surface area (Å²) >= 11 is 0. The fraction of sp³-hybridized carbons (Fsp3) is 0.500. The van der Waals surface area contributed by atoms with Crippen LogP contribution in [0.3, 0.4) is 0 Å². The molecule has 7 heteroatoms.